The lowest BCUT2D eigenvalue weighted by Gasteiger charge is -2.55. The number of benzene rings is 1. The Morgan fingerprint density at radius 1 is 1.07 bits per heavy atom. The van der Waals surface area contributed by atoms with E-state index < -0.39 is 26.1 Å². The van der Waals surface area contributed by atoms with Gasteiger partial charge in [0, 0.05) is 42.7 Å². The molecule has 3 aliphatic rings. The molecule has 296 valence electrons. The number of aryl methyl sites for hydroxylation is 2. The molecule has 1 saturated carbocycles. The van der Waals surface area contributed by atoms with Crippen molar-refractivity contribution in [3.05, 3.63) is 40.2 Å². The third kappa shape index (κ3) is 8.92. The lowest BCUT2D eigenvalue weighted by molar-refractivity contribution is 0.0172. The largest absolute Gasteiger partial charge is 0.491 e. The van der Waals surface area contributed by atoms with Crippen molar-refractivity contribution in [2.45, 2.75) is 124 Å². The van der Waals surface area contributed by atoms with Crippen LogP contribution in [-0.4, -0.2) is 103 Å². The molecule has 0 unspecified atom stereocenters. The number of carbonyl (C=O) groups is 1. The van der Waals surface area contributed by atoms with Gasteiger partial charge >= 0.3 is 6.09 Å². The van der Waals surface area contributed by atoms with Crippen molar-refractivity contribution in [1.29, 1.82) is 0 Å². The molecule has 2 saturated heterocycles. The number of hydrogen-bond donors (Lipinski definition) is 0. The molecule has 1 spiro atoms. The highest BCUT2D eigenvalue weighted by Gasteiger charge is 2.48. The summed E-state index contributed by atoms with van der Waals surface area (Å²) >= 11 is 6.95. The van der Waals surface area contributed by atoms with E-state index in [0.717, 1.165) is 47.5 Å². The van der Waals surface area contributed by atoms with Crippen LogP contribution in [0.25, 0.3) is 22.6 Å². The fraction of sp³-hybridized carbons (Fsp3) is 0.659. The Labute approximate surface area is 328 Å². The van der Waals surface area contributed by atoms with Crippen LogP contribution in [0.15, 0.2) is 22.7 Å². The molecule has 2 aromatic heterocycles. The number of hydrogen-bond acceptors (Lipinski definition) is 10. The molecule has 54 heavy (non-hydrogen) atoms. The molecule has 1 amide bonds. The van der Waals surface area contributed by atoms with Crippen molar-refractivity contribution in [3.63, 3.8) is 0 Å². The van der Waals surface area contributed by atoms with Gasteiger partial charge < -0.3 is 33.1 Å². The second-order valence-corrected chi connectivity index (χ2v) is 23.6. The van der Waals surface area contributed by atoms with Gasteiger partial charge in [0.15, 0.2) is 14.1 Å². The second kappa shape index (κ2) is 15.0. The Morgan fingerprint density at radius 2 is 1.74 bits per heavy atom. The van der Waals surface area contributed by atoms with Gasteiger partial charge in [-0.1, -0.05) is 37.5 Å². The summed E-state index contributed by atoms with van der Waals surface area (Å²) in [5, 5.41) is 4.75. The molecule has 0 N–H and O–H groups in total. The summed E-state index contributed by atoms with van der Waals surface area (Å²) in [4.78, 5) is 30.0. The maximum Gasteiger partial charge on any atom is 0.410 e. The normalized spacial score (nSPS) is 18.4. The zero-order chi connectivity index (χ0) is 39.4. The first-order valence-corrected chi connectivity index (χ1v) is 22.8. The van der Waals surface area contributed by atoms with Gasteiger partial charge in [0.2, 0.25) is 0 Å². The van der Waals surface area contributed by atoms with E-state index in [1.54, 1.807) is 11.9 Å². The highest BCUT2D eigenvalue weighted by atomic mass is 35.5. The van der Waals surface area contributed by atoms with Crippen LogP contribution in [0.5, 0.6) is 5.75 Å². The Balaban J connectivity index is 1.27. The molecule has 1 aliphatic carbocycles. The van der Waals surface area contributed by atoms with Crippen molar-refractivity contribution in [2.75, 3.05) is 51.3 Å². The molecule has 2 aliphatic heterocycles. The average molecular weight is 782 g/mol. The predicted molar refractivity (Wildman–Crippen MR) is 217 cm³/mol. The Hall–Kier alpha value is -3.19. The fourth-order valence-electron chi connectivity index (χ4n) is 7.42. The molecular weight excluding hydrogens is 720 g/mol. The number of carbonyl (C=O) groups excluding carboxylic acids is 1. The van der Waals surface area contributed by atoms with Gasteiger partial charge in [-0.2, -0.15) is 0 Å². The van der Waals surface area contributed by atoms with Crippen LogP contribution in [0.1, 0.15) is 84.2 Å². The van der Waals surface area contributed by atoms with Gasteiger partial charge in [0.05, 0.1) is 34.6 Å². The van der Waals surface area contributed by atoms with Crippen molar-refractivity contribution < 1.29 is 23.2 Å². The van der Waals surface area contributed by atoms with E-state index in [1.165, 1.54) is 38.8 Å². The number of halogens is 1. The maximum atomic E-state index is 13.0. The van der Waals surface area contributed by atoms with Gasteiger partial charge in [-0.05, 0) is 117 Å². The quantitative estimate of drug-likeness (QED) is 0.175. The van der Waals surface area contributed by atoms with Crippen LogP contribution in [0.3, 0.4) is 0 Å². The summed E-state index contributed by atoms with van der Waals surface area (Å²) < 4.78 is 24.6. The lowest BCUT2D eigenvalue weighted by atomic mass is 9.72. The molecule has 4 heterocycles. The predicted octanol–water partition coefficient (Wildman–Crippen LogP) is 9.08. The number of anilines is 1. The zero-order valence-corrected chi connectivity index (χ0v) is 36.3. The number of aromatic nitrogens is 3. The summed E-state index contributed by atoms with van der Waals surface area (Å²) in [6.07, 6.45) is 4.37. The van der Waals surface area contributed by atoms with E-state index in [2.05, 4.69) is 55.7 Å². The second-order valence-electron chi connectivity index (χ2n) is 18.5. The summed E-state index contributed by atoms with van der Waals surface area (Å²) in [5.41, 5.74) is 3.86. The summed E-state index contributed by atoms with van der Waals surface area (Å²) in [6.45, 7) is 27.4. The van der Waals surface area contributed by atoms with E-state index in [1.807, 2.05) is 52.8 Å². The number of likely N-dealkylation sites (N-methyl/N-ethyl adjacent to an activating group) is 1. The monoisotopic (exact) mass is 780 g/mol. The summed E-state index contributed by atoms with van der Waals surface area (Å²) in [6, 6.07) is 6.40. The number of amides is 1. The molecule has 1 atom stereocenters. The first-order valence-electron chi connectivity index (χ1n) is 19.5. The first-order chi connectivity index (χ1) is 25.2. The zero-order valence-electron chi connectivity index (χ0n) is 34.6. The van der Waals surface area contributed by atoms with Crippen LogP contribution in [0.4, 0.5) is 10.6 Å². The van der Waals surface area contributed by atoms with Crippen LogP contribution >= 0.6 is 11.6 Å². The van der Waals surface area contributed by atoms with Gasteiger partial charge in [-0.25, -0.2) is 14.8 Å². The molecule has 0 bridgehead atoms. The van der Waals surface area contributed by atoms with Crippen LogP contribution < -0.4 is 9.64 Å². The fourth-order valence-corrected chi connectivity index (χ4v) is 8.95. The minimum Gasteiger partial charge on any atom is -0.491 e. The summed E-state index contributed by atoms with van der Waals surface area (Å²) in [5.74, 6) is 2.75. The maximum absolute atomic E-state index is 13.0. The molecule has 0 radical (unpaired) electrons. The van der Waals surface area contributed by atoms with Crippen LogP contribution in [0.2, 0.25) is 23.2 Å². The van der Waals surface area contributed by atoms with E-state index in [0.29, 0.717) is 39.9 Å². The van der Waals surface area contributed by atoms with E-state index in [4.69, 9.17) is 40.0 Å². The van der Waals surface area contributed by atoms with Gasteiger partial charge in [-0.3, -0.25) is 0 Å². The highest BCUT2D eigenvalue weighted by molar-refractivity contribution is 6.74. The molecule has 3 fully saturated rings. The number of nitrogens with zero attached hydrogens (tertiary/aromatic N) is 6. The van der Waals surface area contributed by atoms with Gasteiger partial charge in [0.25, 0.3) is 0 Å². The van der Waals surface area contributed by atoms with E-state index in [9.17, 15) is 4.79 Å². The van der Waals surface area contributed by atoms with Crippen molar-refractivity contribution in [2.24, 2.45) is 5.41 Å². The molecule has 6 rings (SSSR count). The number of ether oxygens (including phenoxy) is 2. The smallest absolute Gasteiger partial charge is 0.410 e. The topological polar surface area (TPSA) is 106 Å². The lowest BCUT2D eigenvalue weighted by Crippen LogP contribution is -2.61. The third-order valence-electron chi connectivity index (χ3n) is 11.7. The van der Waals surface area contributed by atoms with E-state index in [-0.39, 0.29) is 11.6 Å². The molecule has 11 nitrogen and oxygen atoms in total. The minimum absolute atomic E-state index is 0.0351. The highest BCUT2D eigenvalue weighted by Crippen LogP contribution is 2.46. The van der Waals surface area contributed by atoms with Crippen molar-refractivity contribution in [1.82, 2.24) is 24.9 Å². The first kappa shape index (κ1) is 40.5. The molecule has 3 aromatic rings. The Bertz CT molecular complexity index is 1810. The third-order valence-corrected chi connectivity index (χ3v) is 16.6. The number of piperidine rings is 1. The van der Waals surface area contributed by atoms with Gasteiger partial charge in [-0.15, -0.1) is 0 Å². The molecule has 1 aromatic carbocycles. The van der Waals surface area contributed by atoms with Crippen molar-refractivity contribution in [3.8, 4) is 28.4 Å². The van der Waals surface area contributed by atoms with Crippen molar-refractivity contribution >= 4 is 31.8 Å². The molecule has 13 heteroatoms. The number of likely N-dealkylation sites (tertiary alicyclic amines) is 1. The van der Waals surface area contributed by atoms with E-state index >= 15 is 0 Å². The van der Waals surface area contributed by atoms with Crippen LogP contribution in [-0.2, 0) is 9.16 Å². The number of rotatable bonds is 11. The summed E-state index contributed by atoms with van der Waals surface area (Å²) in [7, 11) is -0.498. The standard InChI is InChI=1S/C41H61ClN6O5Si/c1-26-35(34-27(2)45-52-28(34)3)43-36(44-37(26)48-24-41(25-48)17-19-47(20-18-41)29-13-14-29)32-21-30(15-16-33(32)42)50-23-31(53-54(11,12)40(7,8)9)22-46(10)38(49)51-39(4,5)6/h15-16,21,29,31H,13-14,17-20,22-25H2,1-12H3/t31-/m1/s1. The SMILES string of the molecule is Cc1noc(C)c1-c1nc(-c2cc(OC[C@@H](CN(C)C(=O)OC(C)(C)C)O[Si](C)(C)C(C)(C)C)ccc2Cl)nc(N2CC3(CCN(C4CC4)CC3)C2)c1C. The van der Waals surface area contributed by atoms with Crippen LogP contribution in [0, 0.1) is 26.2 Å². The Morgan fingerprint density at radius 3 is 2.31 bits per heavy atom. The van der Waals surface area contributed by atoms with Gasteiger partial charge in [0.1, 0.15) is 29.5 Å². The average Bonchev–Trinajstić information content (AvgIpc) is 3.86. The minimum atomic E-state index is -2.23. The Kier molecular flexibility index (Phi) is 11.3. The molecular formula is C41H61ClN6O5Si.